The van der Waals surface area contributed by atoms with Crippen LogP contribution in [0.1, 0.15) is 44.2 Å². The summed E-state index contributed by atoms with van der Waals surface area (Å²) in [5, 5.41) is 11.8. The van der Waals surface area contributed by atoms with Gasteiger partial charge in [-0.25, -0.2) is 4.79 Å². The van der Waals surface area contributed by atoms with E-state index in [-0.39, 0.29) is 24.7 Å². The van der Waals surface area contributed by atoms with Crippen molar-refractivity contribution in [3.05, 3.63) is 30.1 Å². The Kier molecular flexibility index (Phi) is 5.35. The molecule has 20 heavy (non-hydrogen) atoms. The summed E-state index contributed by atoms with van der Waals surface area (Å²) in [6.07, 6.45) is 7.10. The first kappa shape index (κ1) is 14.8. The number of pyridine rings is 1. The number of hydrogen-bond acceptors (Lipinski definition) is 3. The molecule has 5 nitrogen and oxygen atoms in total. The highest BCUT2D eigenvalue weighted by Gasteiger charge is 2.30. The molecule has 0 aromatic carbocycles. The normalized spacial score (nSPS) is 19.9. The Balaban J connectivity index is 1.95. The summed E-state index contributed by atoms with van der Waals surface area (Å²) in [7, 11) is 0. The highest BCUT2D eigenvalue weighted by Crippen LogP contribution is 2.31. The first-order chi connectivity index (χ1) is 9.72. The lowest BCUT2D eigenvalue weighted by Crippen LogP contribution is -2.43. The van der Waals surface area contributed by atoms with Gasteiger partial charge in [0.25, 0.3) is 0 Å². The van der Waals surface area contributed by atoms with Gasteiger partial charge in [0.2, 0.25) is 0 Å². The molecule has 2 N–H and O–H groups in total. The molecule has 110 valence electrons. The number of nitrogens with one attached hydrogen (secondary N) is 1. The van der Waals surface area contributed by atoms with Crippen LogP contribution in [-0.2, 0) is 0 Å². The van der Waals surface area contributed by atoms with E-state index in [0.29, 0.717) is 0 Å². The Morgan fingerprint density at radius 1 is 1.55 bits per heavy atom. The molecule has 0 saturated carbocycles. The largest absolute Gasteiger partial charge is 0.396 e. The lowest BCUT2D eigenvalue weighted by molar-refractivity contribution is 0.188. The van der Waals surface area contributed by atoms with Crippen molar-refractivity contribution in [3.8, 4) is 0 Å². The molecule has 0 radical (unpaired) electrons. The van der Waals surface area contributed by atoms with Gasteiger partial charge in [0.1, 0.15) is 0 Å². The molecule has 1 aliphatic rings. The highest BCUT2D eigenvalue weighted by molar-refractivity contribution is 5.75. The molecule has 0 spiro atoms. The lowest BCUT2D eigenvalue weighted by Gasteiger charge is -2.27. The predicted octanol–water partition coefficient (Wildman–Crippen LogP) is 2.09. The molecular weight excluding hydrogens is 254 g/mol. The number of aromatic nitrogens is 1. The molecule has 0 aliphatic carbocycles. The third kappa shape index (κ3) is 3.70. The van der Waals surface area contributed by atoms with Gasteiger partial charge in [0.05, 0.1) is 6.04 Å². The second-order valence-corrected chi connectivity index (χ2v) is 5.35. The number of aliphatic hydroxyl groups is 1. The van der Waals surface area contributed by atoms with E-state index >= 15 is 0 Å². The number of carbonyl (C=O) groups excluding carboxylic acids is 1. The van der Waals surface area contributed by atoms with Crippen molar-refractivity contribution in [1.82, 2.24) is 15.2 Å². The molecule has 1 aliphatic heterocycles. The SMILES string of the molecule is CC(CCCO)NC(=O)N1CCCC1c1ccncc1. The molecule has 2 heterocycles. The van der Waals surface area contributed by atoms with Crippen LogP contribution in [0.3, 0.4) is 0 Å². The topological polar surface area (TPSA) is 65.5 Å². The van der Waals surface area contributed by atoms with Gasteiger partial charge in [0, 0.05) is 31.6 Å². The van der Waals surface area contributed by atoms with E-state index < -0.39 is 0 Å². The molecule has 0 bridgehead atoms. The minimum Gasteiger partial charge on any atom is -0.396 e. The Hall–Kier alpha value is -1.62. The first-order valence-electron chi connectivity index (χ1n) is 7.30. The average Bonchev–Trinajstić information content (AvgIpc) is 2.95. The summed E-state index contributed by atoms with van der Waals surface area (Å²) in [6.45, 7) is 2.94. The van der Waals surface area contributed by atoms with Gasteiger partial charge in [-0.3, -0.25) is 4.98 Å². The quantitative estimate of drug-likeness (QED) is 0.866. The summed E-state index contributed by atoms with van der Waals surface area (Å²) in [5.41, 5.74) is 1.15. The fourth-order valence-electron chi connectivity index (χ4n) is 2.71. The standard InChI is InChI=1S/C15H23N3O2/c1-12(4-3-11-19)17-15(20)18-10-2-5-14(18)13-6-8-16-9-7-13/h6-9,12,14,19H,2-5,10-11H2,1H3,(H,17,20). The maximum atomic E-state index is 12.3. The monoisotopic (exact) mass is 277 g/mol. The van der Waals surface area contributed by atoms with Gasteiger partial charge < -0.3 is 15.3 Å². The molecule has 2 unspecified atom stereocenters. The van der Waals surface area contributed by atoms with Gasteiger partial charge >= 0.3 is 6.03 Å². The second-order valence-electron chi connectivity index (χ2n) is 5.35. The molecule has 2 atom stereocenters. The van der Waals surface area contributed by atoms with E-state index in [9.17, 15) is 4.79 Å². The highest BCUT2D eigenvalue weighted by atomic mass is 16.3. The van der Waals surface area contributed by atoms with Gasteiger partial charge in [-0.1, -0.05) is 0 Å². The summed E-state index contributed by atoms with van der Waals surface area (Å²) < 4.78 is 0. The molecule has 1 aromatic heterocycles. The fraction of sp³-hybridized carbons (Fsp3) is 0.600. The summed E-state index contributed by atoms with van der Waals surface area (Å²) in [5.74, 6) is 0. The van der Waals surface area contributed by atoms with Crippen LogP contribution in [0.5, 0.6) is 0 Å². The predicted molar refractivity (Wildman–Crippen MR) is 77.2 cm³/mol. The minimum absolute atomic E-state index is 0.00486. The molecule has 5 heteroatoms. The zero-order chi connectivity index (χ0) is 14.4. The van der Waals surface area contributed by atoms with E-state index in [2.05, 4.69) is 10.3 Å². The Morgan fingerprint density at radius 3 is 3.00 bits per heavy atom. The number of urea groups is 1. The number of amides is 2. The number of nitrogens with zero attached hydrogens (tertiary/aromatic N) is 2. The summed E-state index contributed by atoms with van der Waals surface area (Å²) in [4.78, 5) is 18.3. The van der Waals surface area contributed by atoms with Gasteiger partial charge in [-0.05, 0) is 50.3 Å². The fourth-order valence-corrected chi connectivity index (χ4v) is 2.71. The van der Waals surface area contributed by atoms with Gasteiger partial charge in [0.15, 0.2) is 0 Å². The Bertz CT molecular complexity index is 424. The Morgan fingerprint density at radius 2 is 2.30 bits per heavy atom. The van der Waals surface area contributed by atoms with Crippen molar-refractivity contribution >= 4 is 6.03 Å². The third-order valence-corrected chi connectivity index (χ3v) is 3.77. The minimum atomic E-state index is -0.00486. The van der Waals surface area contributed by atoms with Crippen LogP contribution < -0.4 is 5.32 Å². The van der Waals surface area contributed by atoms with Gasteiger partial charge in [-0.15, -0.1) is 0 Å². The van der Waals surface area contributed by atoms with Gasteiger partial charge in [-0.2, -0.15) is 0 Å². The van der Waals surface area contributed by atoms with Crippen LogP contribution in [0.15, 0.2) is 24.5 Å². The van der Waals surface area contributed by atoms with E-state index in [4.69, 9.17) is 5.11 Å². The molecule has 2 amide bonds. The average molecular weight is 277 g/mol. The van der Waals surface area contributed by atoms with Crippen LogP contribution in [0, 0.1) is 0 Å². The maximum absolute atomic E-state index is 12.3. The number of hydrogen-bond donors (Lipinski definition) is 2. The number of aliphatic hydroxyl groups excluding tert-OH is 1. The molecule has 1 saturated heterocycles. The van der Waals surface area contributed by atoms with Crippen LogP contribution in [0.2, 0.25) is 0 Å². The maximum Gasteiger partial charge on any atom is 0.318 e. The smallest absolute Gasteiger partial charge is 0.318 e. The summed E-state index contributed by atoms with van der Waals surface area (Å²) in [6, 6.07) is 4.20. The third-order valence-electron chi connectivity index (χ3n) is 3.77. The second kappa shape index (κ2) is 7.24. The van der Waals surface area contributed by atoms with E-state index in [1.807, 2.05) is 24.0 Å². The molecular formula is C15H23N3O2. The van der Waals surface area contributed by atoms with Crippen molar-refractivity contribution in [2.45, 2.75) is 44.7 Å². The van der Waals surface area contributed by atoms with Crippen molar-refractivity contribution in [3.63, 3.8) is 0 Å². The molecule has 2 rings (SSSR count). The Labute approximate surface area is 120 Å². The van der Waals surface area contributed by atoms with Crippen LogP contribution >= 0.6 is 0 Å². The number of rotatable bonds is 5. The van der Waals surface area contributed by atoms with Crippen molar-refractivity contribution in [2.75, 3.05) is 13.2 Å². The lowest BCUT2D eigenvalue weighted by atomic mass is 10.1. The van der Waals surface area contributed by atoms with Crippen LogP contribution in [-0.4, -0.2) is 40.2 Å². The first-order valence-corrected chi connectivity index (χ1v) is 7.30. The zero-order valence-corrected chi connectivity index (χ0v) is 12.0. The number of likely N-dealkylation sites (tertiary alicyclic amines) is 1. The van der Waals surface area contributed by atoms with Crippen molar-refractivity contribution in [2.24, 2.45) is 0 Å². The summed E-state index contributed by atoms with van der Waals surface area (Å²) >= 11 is 0. The van der Waals surface area contributed by atoms with Crippen LogP contribution in [0.4, 0.5) is 4.79 Å². The molecule has 1 aromatic rings. The van der Waals surface area contributed by atoms with E-state index in [1.165, 1.54) is 0 Å². The number of carbonyl (C=O) groups is 1. The van der Waals surface area contributed by atoms with Crippen LogP contribution in [0.25, 0.3) is 0 Å². The van der Waals surface area contributed by atoms with E-state index in [1.54, 1.807) is 12.4 Å². The van der Waals surface area contributed by atoms with Crippen molar-refractivity contribution < 1.29 is 9.90 Å². The zero-order valence-electron chi connectivity index (χ0n) is 12.0. The van der Waals surface area contributed by atoms with Crippen molar-refractivity contribution in [1.29, 1.82) is 0 Å². The molecule has 1 fully saturated rings. The van der Waals surface area contributed by atoms with E-state index in [0.717, 1.165) is 37.8 Å².